The van der Waals surface area contributed by atoms with Gasteiger partial charge in [0, 0.05) is 31.2 Å². The van der Waals surface area contributed by atoms with Gasteiger partial charge < -0.3 is 14.5 Å². The molecule has 1 aliphatic rings. The molecular weight excluding hydrogens is 396 g/mol. The fourth-order valence-corrected chi connectivity index (χ4v) is 4.02. The van der Waals surface area contributed by atoms with E-state index in [4.69, 9.17) is 9.15 Å². The summed E-state index contributed by atoms with van der Waals surface area (Å²) < 4.78 is 11.7. The highest BCUT2D eigenvalue weighted by molar-refractivity contribution is 9.10. The molecule has 1 aliphatic heterocycles. The number of benzene rings is 1. The van der Waals surface area contributed by atoms with Gasteiger partial charge in [0.05, 0.1) is 17.1 Å². The molecule has 1 amide bonds. The lowest BCUT2D eigenvalue weighted by Crippen LogP contribution is -2.44. The predicted octanol–water partition coefficient (Wildman–Crippen LogP) is 4.06. The van der Waals surface area contributed by atoms with E-state index < -0.39 is 0 Å². The van der Waals surface area contributed by atoms with Crippen LogP contribution in [0.1, 0.15) is 40.3 Å². The Bertz CT molecular complexity index is 779. The number of furan rings is 1. The molecular formula is C20H25BrN2O3. The molecule has 0 aliphatic carbocycles. The zero-order valence-electron chi connectivity index (χ0n) is 15.5. The number of ether oxygens (including phenoxy) is 1. The van der Waals surface area contributed by atoms with Gasteiger partial charge in [-0.3, -0.25) is 9.69 Å². The molecule has 3 rings (SSSR count). The van der Waals surface area contributed by atoms with E-state index in [1.54, 1.807) is 7.11 Å². The van der Waals surface area contributed by atoms with Gasteiger partial charge in [-0.2, -0.15) is 0 Å². The molecule has 140 valence electrons. The van der Waals surface area contributed by atoms with E-state index in [1.165, 1.54) is 5.56 Å². The molecule has 0 bridgehead atoms. The number of likely N-dealkylation sites (tertiary alicyclic amines) is 1. The first-order valence-corrected chi connectivity index (χ1v) is 9.69. The second-order valence-corrected chi connectivity index (χ2v) is 7.53. The number of methoxy groups -OCH3 is 1. The number of hydrogen-bond donors (Lipinski definition) is 1. The van der Waals surface area contributed by atoms with Crippen LogP contribution in [0.3, 0.4) is 0 Å². The second kappa shape index (κ2) is 8.27. The highest BCUT2D eigenvalue weighted by Crippen LogP contribution is 2.28. The highest BCUT2D eigenvalue weighted by Gasteiger charge is 2.25. The van der Waals surface area contributed by atoms with Crippen LogP contribution >= 0.6 is 15.9 Å². The highest BCUT2D eigenvalue weighted by atomic mass is 79.9. The quantitative estimate of drug-likeness (QED) is 0.791. The molecule has 0 saturated carbocycles. The van der Waals surface area contributed by atoms with Crippen molar-refractivity contribution < 1.29 is 13.9 Å². The Kier molecular flexibility index (Phi) is 6.04. The summed E-state index contributed by atoms with van der Waals surface area (Å²) in [6.07, 6.45) is 1.88. The molecule has 2 aromatic rings. The Morgan fingerprint density at radius 2 is 1.96 bits per heavy atom. The monoisotopic (exact) mass is 420 g/mol. The number of piperidine rings is 1. The van der Waals surface area contributed by atoms with Crippen LogP contribution in [0.5, 0.6) is 5.75 Å². The molecule has 0 atom stereocenters. The smallest absolute Gasteiger partial charge is 0.256 e. The fraction of sp³-hybridized carbons (Fsp3) is 0.450. The Hall–Kier alpha value is -1.79. The zero-order valence-corrected chi connectivity index (χ0v) is 17.1. The molecule has 1 N–H and O–H groups in total. The third kappa shape index (κ3) is 4.13. The van der Waals surface area contributed by atoms with Crippen LogP contribution in [-0.2, 0) is 6.54 Å². The number of nitrogens with one attached hydrogen (secondary N) is 1. The maximum absolute atomic E-state index is 12.6. The van der Waals surface area contributed by atoms with E-state index in [0.717, 1.165) is 48.5 Å². The van der Waals surface area contributed by atoms with Crippen molar-refractivity contribution in [3.8, 4) is 5.75 Å². The number of para-hydroxylation sites is 1. The average molecular weight is 421 g/mol. The van der Waals surface area contributed by atoms with E-state index in [2.05, 4.69) is 32.2 Å². The predicted molar refractivity (Wildman–Crippen MR) is 105 cm³/mol. The minimum absolute atomic E-state index is 0.0607. The van der Waals surface area contributed by atoms with E-state index in [-0.39, 0.29) is 11.9 Å². The maximum atomic E-state index is 12.6. The minimum atomic E-state index is -0.0607. The average Bonchev–Trinajstić information content (AvgIpc) is 2.89. The van der Waals surface area contributed by atoms with Gasteiger partial charge in [-0.15, -0.1) is 0 Å². The normalized spacial score (nSPS) is 15.8. The van der Waals surface area contributed by atoms with Crippen LogP contribution in [0.4, 0.5) is 0 Å². The van der Waals surface area contributed by atoms with Gasteiger partial charge in [0.1, 0.15) is 17.3 Å². The Morgan fingerprint density at radius 1 is 1.27 bits per heavy atom. The Balaban J connectivity index is 1.54. The molecule has 0 spiro atoms. The molecule has 2 heterocycles. The fourth-order valence-electron chi connectivity index (χ4n) is 3.48. The van der Waals surface area contributed by atoms with Gasteiger partial charge >= 0.3 is 0 Å². The maximum Gasteiger partial charge on any atom is 0.256 e. The lowest BCUT2D eigenvalue weighted by molar-refractivity contribution is 0.0906. The molecule has 6 heteroatoms. The Labute approximate surface area is 162 Å². The number of hydrogen-bond acceptors (Lipinski definition) is 4. The summed E-state index contributed by atoms with van der Waals surface area (Å²) in [5.41, 5.74) is 1.81. The van der Waals surface area contributed by atoms with E-state index >= 15 is 0 Å². The van der Waals surface area contributed by atoms with Crippen molar-refractivity contribution in [1.82, 2.24) is 10.2 Å². The third-order valence-electron chi connectivity index (χ3n) is 4.92. The SMILES string of the molecule is COc1ccccc1CN1CCC(NC(=O)c2c(C)oc(C)c2Br)CC1. The number of nitrogens with zero attached hydrogens (tertiary/aromatic N) is 1. The van der Waals surface area contributed by atoms with Crippen molar-refractivity contribution in [2.75, 3.05) is 20.2 Å². The molecule has 1 aromatic carbocycles. The zero-order chi connectivity index (χ0) is 18.7. The van der Waals surface area contributed by atoms with E-state index in [1.807, 2.05) is 32.0 Å². The van der Waals surface area contributed by atoms with Crippen molar-refractivity contribution in [3.63, 3.8) is 0 Å². The van der Waals surface area contributed by atoms with Crippen LogP contribution in [0.15, 0.2) is 33.2 Å². The summed E-state index contributed by atoms with van der Waals surface area (Å²) in [6.45, 7) is 6.45. The molecule has 5 nitrogen and oxygen atoms in total. The summed E-state index contributed by atoms with van der Waals surface area (Å²) >= 11 is 3.45. The number of halogens is 1. The van der Waals surface area contributed by atoms with Crippen LogP contribution < -0.4 is 10.1 Å². The summed E-state index contributed by atoms with van der Waals surface area (Å²) in [6, 6.07) is 8.32. The molecule has 1 aromatic heterocycles. The van der Waals surface area contributed by atoms with Crippen molar-refractivity contribution in [1.29, 1.82) is 0 Å². The topological polar surface area (TPSA) is 54.7 Å². The third-order valence-corrected chi connectivity index (χ3v) is 5.88. The molecule has 1 saturated heterocycles. The van der Waals surface area contributed by atoms with Crippen LogP contribution in [0.2, 0.25) is 0 Å². The minimum Gasteiger partial charge on any atom is -0.496 e. The molecule has 1 fully saturated rings. The van der Waals surface area contributed by atoms with Crippen molar-refractivity contribution in [3.05, 3.63) is 51.4 Å². The number of carbonyl (C=O) groups is 1. The van der Waals surface area contributed by atoms with Gasteiger partial charge in [-0.25, -0.2) is 0 Å². The van der Waals surface area contributed by atoms with Crippen molar-refractivity contribution >= 4 is 21.8 Å². The van der Waals surface area contributed by atoms with Crippen LogP contribution in [-0.4, -0.2) is 37.0 Å². The summed E-state index contributed by atoms with van der Waals surface area (Å²) in [7, 11) is 1.71. The van der Waals surface area contributed by atoms with Crippen LogP contribution in [0.25, 0.3) is 0 Å². The molecule has 0 unspecified atom stereocenters. The standard InChI is InChI=1S/C20H25BrN2O3/c1-13-18(19(21)14(2)26-13)20(24)22-16-8-10-23(11-9-16)12-15-6-4-5-7-17(15)25-3/h4-7,16H,8-12H2,1-3H3,(H,22,24). The van der Waals surface area contributed by atoms with Gasteiger partial charge in [-0.05, 0) is 48.7 Å². The number of carbonyl (C=O) groups excluding carboxylic acids is 1. The van der Waals surface area contributed by atoms with Gasteiger partial charge in [-0.1, -0.05) is 18.2 Å². The second-order valence-electron chi connectivity index (χ2n) is 6.74. The first-order chi connectivity index (χ1) is 12.5. The van der Waals surface area contributed by atoms with E-state index in [0.29, 0.717) is 11.3 Å². The summed E-state index contributed by atoms with van der Waals surface area (Å²) in [4.78, 5) is 15.0. The van der Waals surface area contributed by atoms with Gasteiger partial charge in [0.2, 0.25) is 0 Å². The lowest BCUT2D eigenvalue weighted by atomic mass is 10.0. The first-order valence-electron chi connectivity index (χ1n) is 8.90. The molecule has 26 heavy (non-hydrogen) atoms. The van der Waals surface area contributed by atoms with Crippen molar-refractivity contribution in [2.24, 2.45) is 0 Å². The number of aryl methyl sites for hydroxylation is 2. The van der Waals surface area contributed by atoms with Crippen molar-refractivity contribution in [2.45, 2.75) is 39.3 Å². The van der Waals surface area contributed by atoms with Gasteiger partial charge in [0.25, 0.3) is 5.91 Å². The number of rotatable bonds is 5. The largest absolute Gasteiger partial charge is 0.496 e. The van der Waals surface area contributed by atoms with E-state index in [9.17, 15) is 4.79 Å². The van der Waals surface area contributed by atoms with Crippen LogP contribution in [0, 0.1) is 13.8 Å². The summed E-state index contributed by atoms with van der Waals surface area (Å²) in [5, 5.41) is 3.16. The van der Waals surface area contributed by atoms with Gasteiger partial charge in [0.15, 0.2) is 0 Å². The Morgan fingerprint density at radius 3 is 2.58 bits per heavy atom. The summed E-state index contributed by atoms with van der Waals surface area (Å²) in [5.74, 6) is 2.26. The first kappa shape index (κ1) is 19.0. The number of amides is 1. The lowest BCUT2D eigenvalue weighted by Gasteiger charge is -2.32. The molecule has 0 radical (unpaired) electrons.